The quantitative estimate of drug-likeness (QED) is 0.775. The Hall–Kier alpha value is -1.59. The topological polar surface area (TPSA) is 67.6 Å². The number of nitrogen functional groups attached to an aromatic ring is 1. The van der Waals surface area contributed by atoms with Gasteiger partial charge >= 0.3 is 0 Å². The van der Waals surface area contributed by atoms with Crippen LogP contribution in [0.15, 0.2) is 24.3 Å². The maximum absolute atomic E-state index is 12.0. The Bertz CT molecular complexity index is 433. The van der Waals surface area contributed by atoms with Crippen LogP contribution in [0.3, 0.4) is 0 Å². The number of ether oxygens (including phenoxy) is 1. The van der Waals surface area contributed by atoms with Gasteiger partial charge in [0.1, 0.15) is 6.10 Å². The number of carbonyl (C=O) groups is 1. The fraction of sp³-hybridized carbons (Fsp3) is 0.533. The monoisotopic (exact) mass is 277 g/mol. The molecule has 0 aromatic heterocycles. The van der Waals surface area contributed by atoms with Crippen LogP contribution in [-0.4, -0.2) is 49.7 Å². The third-order valence-electron chi connectivity index (χ3n) is 3.58. The van der Waals surface area contributed by atoms with E-state index >= 15 is 0 Å². The zero-order valence-electron chi connectivity index (χ0n) is 12.0. The van der Waals surface area contributed by atoms with Crippen LogP contribution in [0.4, 0.5) is 5.69 Å². The number of nitrogens with one attached hydrogen (secondary N) is 1. The summed E-state index contributed by atoms with van der Waals surface area (Å²) in [5.41, 5.74) is 7.56. The number of rotatable bonds is 5. The molecule has 1 saturated heterocycles. The maximum atomic E-state index is 12.0. The highest BCUT2D eigenvalue weighted by Crippen LogP contribution is 2.07. The van der Waals surface area contributed by atoms with Gasteiger partial charge in [-0.3, -0.25) is 9.69 Å². The van der Waals surface area contributed by atoms with E-state index in [9.17, 15) is 4.79 Å². The molecule has 110 valence electrons. The van der Waals surface area contributed by atoms with Crippen LogP contribution in [0.25, 0.3) is 0 Å². The summed E-state index contributed by atoms with van der Waals surface area (Å²) < 4.78 is 5.52. The van der Waals surface area contributed by atoms with Crippen LogP contribution in [0, 0.1) is 0 Å². The van der Waals surface area contributed by atoms with Gasteiger partial charge in [0.25, 0.3) is 0 Å². The summed E-state index contributed by atoms with van der Waals surface area (Å²) in [7, 11) is 0. The minimum Gasteiger partial charge on any atom is -0.399 e. The number of likely N-dealkylation sites (N-methyl/N-ethyl adjacent to an activating group) is 1. The van der Waals surface area contributed by atoms with Crippen molar-refractivity contribution in [2.75, 3.05) is 38.5 Å². The molecule has 1 aromatic carbocycles. The van der Waals surface area contributed by atoms with Crippen molar-refractivity contribution in [2.45, 2.75) is 19.4 Å². The molecule has 0 radical (unpaired) electrons. The number of morpholine rings is 1. The average Bonchev–Trinajstić information content (AvgIpc) is 2.49. The van der Waals surface area contributed by atoms with Crippen LogP contribution >= 0.6 is 0 Å². The third kappa shape index (κ3) is 4.21. The molecule has 1 atom stereocenters. The number of nitrogens with zero attached hydrogens (tertiary/aromatic N) is 1. The fourth-order valence-electron chi connectivity index (χ4n) is 2.28. The second-order valence-electron chi connectivity index (χ2n) is 5.04. The second kappa shape index (κ2) is 7.26. The molecule has 0 aliphatic carbocycles. The zero-order chi connectivity index (χ0) is 14.4. The van der Waals surface area contributed by atoms with Crippen molar-refractivity contribution in [2.24, 2.45) is 0 Å². The molecule has 1 unspecified atom stereocenters. The lowest BCUT2D eigenvalue weighted by molar-refractivity contribution is -0.138. The van der Waals surface area contributed by atoms with E-state index in [-0.39, 0.29) is 12.0 Å². The SMILES string of the molecule is CCN1CCOC(C(=O)NCCc2ccc(N)cc2)C1. The van der Waals surface area contributed by atoms with Gasteiger partial charge in [-0.1, -0.05) is 19.1 Å². The molecule has 1 amide bonds. The predicted octanol–water partition coefficient (Wildman–Crippen LogP) is 0.648. The van der Waals surface area contributed by atoms with Crippen molar-refractivity contribution in [1.82, 2.24) is 10.2 Å². The van der Waals surface area contributed by atoms with Gasteiger partial charge in [0.05, 0.1) is 6.61 Å². The molecule has 0 spiro atoms. The normalized spacial score (nSPS) is 19.8. The standard InChI is InChI=1S/C15H23N3O2/c1-2-18-9-10-20-14(11-18)15(19)17-8-7-12-3-5-13(16)6-4-12/h3-6,14H,2,7-11,16H2,1H3,(H,17,19). The Kier molecular flexibility index (Phi) is 5.38. The maximum Gasteiger partial charge on any atom is 0.250 e. The highest BCUT2D eigenvalue weighted by molar-refractivity contribution is 5.81. The number of hydrogen-bond acceptors (Lipinski definition) is 4. The van der Waals surface area contributed by atoms with Gasteiger partial charge in [0, 0.05) is 25.3 Å². The van der Waals surface area contributed by atoms with Crippen LogP contribution in [0.5, 0.6) is 0 Å². The van der Waals surface area contributed by atoms with E-state index < -0.39 is 0 Å². The largest absolute Gasteiger partial charge is 0.399 e. The number of anilines is 1. The van der Waals surface area contributed by atoms with Crippen molar-refractivity contribution < 1.29 is 9.53 Å². The average molecular weight is 277 g/mol. The van der Waals surface area contributed by atoms with Crippen LogP contribution in [0.2, 0.25) is 0 Å². The predicted molar refractivity (Wildman–Crippen MR) is 79.4 cm³/mol. The van der Waals surface area contributed by atoms with E-state index in [0.717, 1.165) is 25.2 Å². The van der Waals surface area contributed by atoms with Gasteiger partial charge in [-0.2, -0.15) is 0 Å². The molecule has 3 N–H and O–H groups in total. The van der Waals surface area contributed by atoms with Gasteiger partial charge in [-0.25, -0.2) is 0 Å². The smallest absolute Gasteiger partial charge is 0.250 e. The second-order valence-corrected chi connectivity index (χ2v) is 5.04. The molecular formula is C15H23N3O2. The van der Waals surface area contributed by atoms with Crippen LogP contribution in [-0.2, 0) is 16.0 Å². The molecule has 5 heteroatoms. The Morgan fingerprint density at radius 3 is 2.90 bits per heavy atom. The molecule has 0 saturated carbocycles. The van der Waals surface area contributed by atoms with E-state index in [4.69, 9.17) is 10.5 Å². The van der Waals surface area contributed by atoms with Crippen molar-refractivity contribution >= 4 is 11.6 Å². The summed E-state index contributed by atoms with van der Waals surface area (Å²) in [5, 5.41) is 2.94. The molecule has 1 heterocycles. The molecule has 1 fully saturated rings. The molecule has 0 bridgehead atoms. The number of nitrogens with two attached hydrogens (primary N) is 1. The minimum absolute atomic E-state index is 0.0152. The molecule has 5 nitrogen and oxygen atoms in total. The van der Waals surface area contributed by atoms with Gasteiger partial charge in [-0.05, 0) is 30.7 Å². The van der Waals surface area contributed by atoms with E-state index in [2.05, 4.69) is 17.1 Å². The summed E-state index contributed by atoms with van der Waals surface area (Å²) >= 11 is 0. The first-order chi connectivity index (χ1) is 9.69. The van der Waals surface area contributed by atoms with Gasteiger partial charge in [0.2, 0.25) is 5.91 Å². The number of carbonyl (C=O) groups excluding carboxylic acids is 1. The van der Waals surface area contributed by atoms with Crippen molar-refractivity contribution in [1.29, 1.82) is 0 Å². The lowest BCUT2D eigenvalue weighted by atomic mass is 10.1. The Labute approximate surface area is 120 Å². The first kappa shape index (κ1) is 14.8. The van der Waals surface area contributed by atoms with Crippen LogP contribution < -0.4 is 11.1 Å². The highest BCUT2D eigenvalue weighted by atomic mass is 16.5. The fourth-order valence-corrected chi connectivity index (χ4v) is 2.28. The Morgan fingerprint density at radius 2 is 2.20 bits per heavy atom. The zero-order valence-corrected chi connectivity index (χ0v) is 12.0. The molecule has 1 aliphatic rings. The summed E-state index contributed by atoms with van der Waals surface area (Å²) in [6, 6.07) is 7.72. The number of benzene rings is 1. The molecule has 20 heavy (non-hydrogen) atoms. The summed E-state index contributed by atoms with van der Waals surface area (Å²) in [6.07, 6.45) is 0.464. The molecule has 2 rings (SSSR count). The molecule has 1 aromatic rings. The first-order valence-corrected chi connectivity index (χ1v) is 7.15. The van der Waals surface area contributed by atoms with Crippen molar-refractivity contribution in [3.05, 3.63) is 29.8 Å². The minimum atomic E-state index is -0.338. The number of amides is 1. The van der Waals surface area contributed by atoms with E-state index in [1.807, 2.05) is 24.3 Å². The van der Waals surface area contributed by atoms with Crippen molar-refractivity contribution in [3.63, 3.8) is 0 Å². The van der Waals surface area contributed by atoms with Crippen molar-refractivity contribution in [3.8, 4) is 0 Å². The summed E-state index contributed by atoms with van der Waals surface area (Å²) in [6.45, 7) is 5.90. The summed E-state index contributed by atoms with van der Waals surface area (Å²) in [4.78, 5) is 14.3. The lowest BCUT2D eigenvalue weighted by Crippen LogP contribution is -2.49. The van der Waals surface area contributed by atoms with Gasteiger partial charge < -0.3 is 15.8 Å². The Balaban J connectivity index is 1.73. The third-order valence-corrected chi connectivity index (χ3v) is 3.58. The van der Waals surface area contributed by atoms with Crippen LogP contribution in [0.1, 0.15) is 12.5 Å². The Morgan fingerprint density at radius 1 is 1.45 bits per heavy atom. The van der Waals surface area contributed by atoms with Gasteiger partial charge in [0.15, 0.2) is 0 Å². The van der Waals surface area contributed by atoms with E-state index in [1.54, 1.807) is 0 Å². The van der Waals surface area contributed by atoms with E-state index in [0.29, 0.717) is 19.7 Å². The lowest BCUT2D eigenvalue weighted by Gasteiger charge is -2.31. The van der Waals surface area contributed by atoms with Gasteiger partial charge in [-0.15, -0.1) is 0 Å². The molecule has 1 aliphatic heterocycles. The first-order valence-electron chi connectivity index (χ1n) is 7.15. The van der Waals surface area contributed by atoms with E-state index in [1.165, 1.54) is 5.56 Å². The summed E-state index contributed by atoms with van der Waals surface area (Å²) in [5.74, 6) is -0.0152. The molecular weight excluding hydrogens is 254 g/mol. The highest BCUT2D eigenvalue weighted by Gasteiger charge is 2.25. The number of hydrogen-bond donors (Lipinski definition) is 2.